The highest BCUT2D eigenvalue weighted by atomic mass is 79.9. The first kappa shape index (κ1) is 22.4. The Bertz CT molecular complexity index is 1330. The van der Waals surface area contributed by atoms with Gasteiger partial charge >= 0.3 is 0 Å². The summed E-state index contributed by atoms with van der Waals surface area (Å²) >= 11 is 7.17. The van der Waals surface area contributed by atoms with Gasteiger partial charge in [-0.3, -0.25) is 4.79 Å². The third-order valence-corrected chi connectivity index (χ3v) is 6.20. The van der Waals surface area contributed by atoms with Crippen LogP contribution < -0.4 is 10.3 Å². The van der Waals surface area contributed by atoms with E-state index in [0.717, 1.165) is 32.2 Å². The van der Waals surface area contributed by atoms with E-state index in [2.05, 4.69) is 43.9 Å². The highest BCUT2D eigenvalue weighted by molar-refractivity contribution is 9.11. The molecule has 5 nitrogen and oxygen atoms in total. The predicted octanol–water partition coefficient (Wildman–Crippen LogP) is 6.65. The molecular weight excluding hydrogens is 534 g/mol. The standard InChI is InChI=1S/C25H21Br2N3O2/c1-3-16(2)32-23-20(26)13-17(14-21(23)27)15-28-30-24(18-9-5-4-6-10-18)29-22-12-8-7-11-19(22)25(30)31/h4-16H,3H2,1-2H3/t16-/m1/s1. The minimum Gasteiger partial charge on any atom is -0.488 e. The second-order valence-electron chi connectivity index (χ2n) is 7.33. The zero-order valence-corrected chi connectivity index (χ0v) is 20.8. The van der Waals surface area contributed by atoms with Crippen LogP contribution in [0.25, 0.3) is 22.3 Å². The third-order valence-electron chi connectivity index (χ3n) is 5.02. The maximum atomic E-state index is 13.3. The van der Waals surface area contributed by atoms with E-state index in [9.17, 15) is 4.79 Å². The van der Waals surface area contributed by atoms with Crippen LogP contribution in [0.5, 0.6) is 5.75 Å². The molecule has 4 rings (SSSR count). The van der Waals surface area contributed by atoms with Gasteiger partial charge in [-0.05, 0) is 75.0 Å². The van der Waals surface area contributed by atoms with Crippen LogP contribution in [0, 0.1) is 0 Å². The second kappa shape index (κ2) is 9.79. The number of ether oxygens (including phenoxy) is 1. The van der Waals surface area contributed by atoms with Crippen molar-refractivity contribution in [3.63, 3.8) is 0 Å². The zero-order valence-electron chi connectivity index (χ0n) is 17.6. The summed E-state index contributed by atoms with van der Waals surface area (Å²) in [5, 5.41) is 5.04. The molecule has 0 saturated heterocycles. The quantitative estimate of drug-likeness (QED) is 0.251. The molecule has 0 amide bonds. The molecular formula is C25H21Br2N3O2. The lowest BCUT2D eigenvalue weighted by Gasteiger charge is -2.16. The van der Waals surface area contributed by atoms with E-state index in [-0.39, 0.29) is 11.7 Å². The molecule has 1 atom stereocenters. The normalized spacial score (nSPS) is 12.4. The van der Waals surface area contributed by atoms with E-state index < -0.39 is 0 Å². The van der Waals surface area contributed by atoms with Gasteiger partial charge in [0.15, 0.2) is 5.82 Å². The molecule has 1 heterocycles. The van der Waals surface area contributed by atoms with Crippen molar-refractivity contribution in [1.82, 2.24) is 9.66 Å². The van der Waals surface area contributed by atoms with E-state index >= 15 is 0 Å². The van der Waals surface area contributed by atoms with E-state index in [1.165, 1.54) is 4.68 Å². The van der Waals surface area contributed by atoms with Crippen LogP contribution >= 0.6 is 31.9 Å². The Kier molecular flexibility index (Phi) is 6.86. The molecule has 0 aliphatic rings. The van der Waals surface area contributed by atoms with Gasteiger partial charge in [0, 0.05) is 5.56 Å². The van der Waals surface area contributed by atoms with Crippen LogP contribution in [0.1, 0.15) is 25.8 Å². The number of aromatic nitrogens is 2. The molecule has 1 aromatic heterocycles. The third kappa shape index (κ3) is 4.69. The van der Waals surface area contributed by atoms with Gasteiger partial charge in [-0.2, -0.15) is 9.78 Å². The summed E-state index contributed by atoms with van der Waals surface area (Å²) in [6, 6.07) is 20.7. The van der Waals surface area contributed by atoms with Crippen molar-refractivity contribution in [3.05, 3.63) is 91.6 Å². The number of rotatable bonds is 6. The fourth-order valence-electron chi connectivity index (χ4n) is 3.18. The summed E-state index contributed by atoms with van der Waals surface area (Å²) in [6.07, 6.45) is 2.65. The number of hydrogen-bond acceptors (Lipinski definition) is 4. The first-order valence-electron chi connectivity index (χ1n) is 10.2. The molecule has 0 N–H and O–H groups in total. The van der Waals surface area contributed by atoms with E-state index in [0.29, 0.717) is 16.7 Å². The topological polar surface area (TPSA) is 56.5 Å². The highest BCUT2D eigenvalue weighted by Gasteiger charge is 2.13. The first-order chi connectivity index (χ1) is 15.5. The van der Waals surface area contributed by atoms with Crippen molar-refractivity contribution in [3.8, 4) is 17.1 Å². The van der Waals surface area contributed by atoms with E-state index in [4.69, 9.17) is 9.72 Å². The monoisotopic (exact) mass is 553 g/mol. The fourth-order valence-corrected chi connectivity index (χ4v) is 4.59. The van der Waals surface area contributed by atoms with Gasteiger partial charge in [-0.1, -0.05) is 49.4 Å². The maximum absolute atomic E-state index is 13.3. The molecule has 0 aliphatic heterocycles. The van der Waals surface area contributed by atoms with Crippen LogP contribution in [0.3, 0.4) is 0 Å². The van der Waals surface area contributed by atoms with Gasteiger partial charge < -0.3 is 4.74 Å². The summed E-state index contributed by atoms with van der Waals surface area (Å²) in [4.78, 5) is 18.0. The molecule has 0 radical (unpaired) electrons. The molecule has 0 aliphatic carbocycles. The summed E-state index contributed by atoms with van der Waals surface area (Å²) in [7, 11) is 0. The largest absolute Gasteiger partial charge is 0.488 e. The minimum absolute atomic E-state index is 0.0952. The lowest BCUT2D eigenvalue weighted by molar-refractivity contribution is 0.214. The van der Waals surface area contributed by atoms with Crippen LogP contribution in [0.15, 0.2) is 85.6 Å². The lowest BCUT2D eigenvalue weighted by Crippen LogP contribution is -2.20. The summed E-state index contributed by atoms with van der Waals surface area (Å²) in [6.45, 7) is 4.10. The fraction of sp³-hybridized carbons (Fsp3) is 0.160. The van der Waals surface area contributed by atoms with Gasteiger partial charge in [0.05, 0.1) is 32.2 Å². The molecule has 7 heteroatoms. The number of halogens is 2. The Labute approximate surface area is 203 Å². The highest BCUT2D eigenvalue weighted by Crippen LogP contribution is 2.35. The van der Waals surface area contributed by atoms with Gasteiger partial charge in [-0.15, -0.1) is 0 Å². The number of nitrogens with zero attached hydrogens (tertiary/aromatic N) is 3. The maximum Gasteiger partial charge on any atom is 0.282 e. The van der Waals surface area contributed by atoms with Crippen LogP contribution in [-0.4, -0.2) is 22.0 Å². The lowest BCUT2D eigenvalue weighted by atomic mass is 10.2. The Hall–Kier alpha value is -2.77. The van der Waals surface area contributed by atoms with Gasteiger partial charge in [0.25, 0.3) is 5.56 Å². The first-order valence-corrected chi connectivity index (χ1v) is 11.8. The van der Waals surface area contributed by atoms with Crippen molar-refractivity contribution in [2.75, 3.05) is 0 Å². The van der Waals surface area contributed by atoms with Crippen molar-refractivity contribution in [2.45, 2.75) is 26.4 Å². The van der Waals surface area contributed by atoms with Crippen LogP contribution in [0.4, 0.5) is 0 Å². The Morgan fingerprint density at radius 3 is 2.41 bits per heavy atom. The average Bonchev–Trinajstić information content (AvgIpc) is 2.81. The Morgan fingerprint density at radius 2 is 1.72 bits per heavy atom. The molecule has 32 heavy (non-hydrogen) atoms. The summed E-state index contributed by atoms with van der Waals surface area (Å²) < 4.78 is 8.95. The molecule has 3 aromatic carbocycles. The summed E-state index contributed by atoms with van der Waals surface area (Å²) in [5.41, 5.74) is 2.03. The number of para-hydroxylation sites is 1. The van der Waals surface area contributed by atoms with E-state index in [1.54, 1.807) is 12.3 Å². The molecule has 0 spiro atoms. The molecule has 162 valence electrons. The summed E-state index contributed by atoms with van der Waals surface area (Å²) in [5.74, 6) is 1.23. The number of benzene rings is 3. The van der Waals surface area contributed by atoms with Gasteiger partial charge in [-0.25, -0.2) is 4.98 Å². The van der Waals surface area contributed by atoms with Crippen LogP contribution in [-0.2, 0) is 0 Å². The average molecular weight is 555 g/mol. The minimum atomic E-state index is -0.222. The van der Waals surface area contributed by atoms with E-state index in [1.807, 2.05) is 67.6 Å². The van der Waals surface area contributed by atoms with Crippen molar-refractivity contribution in [2.24, 2.45) is 5.10 Å². The molecule has 0 saturated carbocycles. The molecule has 0 bridgehead atoms. The van der Waals surface area contributed by atoms with Crippen molar-refractivity contribution >= 4 is 49.0 Å². The van der Waals surface area contributed by atoms with Gasteiger partial charge in [0.2, 0.25) is 0 Å². The Morgan fingerprint density at radius 1 is 1.06 bits per heavy atom. The molecule has 0 unspecified atom stereocenters. The smallest absolute Gasteiger partial charge is 0.282 e. The SMILES string of the molecule is CC[C@@H](C)Oc1c(Br)cc(C=Nn2c(-c3ccccc3)nc3ccccc3c2=O)cc1Br. The second-order valence-corrected chi connectivity index (χ2v) is 9.04. The van der Waals surface area contributed by atoms with Crippen molar-refractivity contribution in [1.29, 1.82) is 0 Å². The Balaban J connectivity index is 1.81. The van der Waals surface area contributed by atoms with Crippen LogP contribution in [0.2, 0.25) is 0 Å². The van der Waals surface area contributed by atoms with Gasteiger partial charge in [0.1, 0.15) is 5.75 Å². The number of fused-ring (bicyclic) bond motifs is 1. The van der Waals surface area contributed by atoms with Crippen molar-refractivity contribution < 1.29 is 4.74 Å². The molecule has 0 fully saturated rings. The zero-order chi connectivity index (χ0) is 22.7. The number of hydrogen-bond donors (Lipinski definition) is 0. The molecule has 4 aromatic rings. The predicted molar refractivity (Wildman–Crippen MR) is 137 cm³/mol.